The van der Waals surface area contributed by atoms with E-state index in [9.17, 15) is 4.79 Å². The van der Waals surface area contributed by atoms with Gasteiger partial charge in [0, 0.05) is 44.3 Å². The van der Waals surface area contributed by atoms with Gasteiger partial charge in [-0.05, 0) is 69.0 Å². The number of carbonyl (C=O) groups is 1. The average molecular weight is 459 g/mol. The van der Waals surface area contributed by atoms with Crippen LogP contribution in [0.5, 0.6) is 5.75 Å². The molecule has 0 radical (unpaired) electrons. The molecule has 1 aliphatic heterocycles. The molecule has 0 amide bonds. The van der Waals surface area contributed by atoms with Crippen LogP contribution in [0.4, 0.5) is 0 Å². The van der Waals surface area contributed by atoms with Gasteiger partial charge in [-0.2, -0.15) is 0 Å². The highest BCUT2D eigenvalue weighted by atomic mass is 35.5. The Morgan fingerprint density at radius 2 is 1.44 bits per heavy atom. The fourth-order valence-corrected chi connectivity index (χ4v) is 4.23. The van der Waals surface area contributed by atoms with Crippen molar-refractivity contribution in [2.45, 2.75) is 53.3 Å². The Hall–Kier alpha value is -2.08. The molecule has 1 saturated heterocycles. The minimum Gasteiger partial charge on any atom is -0.476 e. The van der Waals surface area contributed by atoms with Gasteiger partial charge in [-0.25, -0.2) is 4.79 Å². The third kappa shape index (κ3) is 6.47. The molecule has 0 saturated carbocycles. The van der Waals surface area contributed by atoms with Gasteiger partial charge in [0.1, 0.15) is 5.75 Å². The van der Waals surface area contributed by atoms with Gasteiger partial charge in [0.15, 0.2) is 5.60 Å². The molecule has 1 fully saturated rings. The van der Waals surface area contributed by atoms with Crippen LogP contribution in [0.3, 0.4) is 0 Å². The number of carbonyl (C=O) groups excluding carboxylic acids is 1. The molecule has 0 atom stereocenters. The number of benzene rings is 2. The molecule has 32 heavy (non-hydrogen) atoms. The van der Waals surface area contributed by atoms with Crippen LogP contribution in [-0.4, -0.2) is 54.2 Å². The zero-order chi connectivity index (χ0) is 23.3. The van der Waals surface area contributed by atoms with E-state index in [2.05, 4.69) is 34.1 Å². The largest absolute Gasteiger partial charge is 0.476 e. The molecule has 0 bridgehead atoms. The monoisotopic (exact) mass is 458 g/mol. The smallest absolute Gasteiger partial charge is 0.349 e. The van der Waals surface area contributed by atoms with Gasteiger partial charge in [-0.3, -0.25) is 9.80 Å². The van der Waals surface area contributed by atoms with Crippen molar-refractivity contribution in [2.24, 2.45) is 0 Å². The van der Waals surface area contributed by atoms with Gasteiger partial charge >= 0.3 is 5.97 Å². The van der Waals surface area contributed by atoms with Gasteiger partial charge in [0.2, 0.25) is 0 Å². The summed E-state index contributed by atoms with van der Waals surface area (Å²) >= 11 is 5.99. The van der Waals surface area contributed by atoms with Crippen LogP contribution in [0.2, 0.25) is 5.02 Å². The normalized spacial score (nSPS) is 15.6. The van der Waals surface area contributed by atoms with Crippen LogP contribution < -0.4 is 4.74 Å². The second kappa shape index (κ2) is 10.7. The summed E-state index contributed by atoms with van der Waals surface area (Å²) in [5.74, 6) is 0.416. The van der Waals surface area contributed by atoms with Gasteiger partial charge in [0.05, 0.1) is 6.61 Å². The molecular weight excluding hydrogens is 424 g/mol. The number of hydrogen-bond acceptors (Lipinski definition) is 5. The van der Waals surface area contributed by atoms with E-state index >= 15 is 0 Å². The highest BCUT2D eigenvalue weighted by molar-refractivity contribution is 6.30. The number of hydrogen-bond donors (Lipinski definition) is 0. The third-order valence-corrected chi connectivity index (χ3v) is 6.09. The topological polar surface area (TPSA) is 42.0 Å². The first-order valence-electron chi connectivity index (χ1n) is 11.3. The van der Waals surface area contributed by atoms with Crippen molar-refractivity contribution >= 4 is 17.6 Å². The van der Waals surface area contributed by atoms with Crippen molar-refractivity contribution in [3.8, 4) is 5.75 Å². The molecule has 0 aromatic heterocycles. The summed E-state index contributed by atoms with van der Waals surface area (Å²) in [4.78, 5) is 17.2. The quantitative estimate of drug-likeness (QED) is 0.521. The Morgan fingerprint density at radius 3 is 1.94 bits per heavy atom. The standard InChI is InChI=1S/C26H35ClN2O3/c1-6-31-25(30)26(4,5)32-24-19(2)15-22(16-20(24)3)18-29-13-11-28(12-14-29)17-21-7-9-23(27)10-8-21/h7-10,15-16H,6,11-14,17-18H2,1-5H3. The highest BCUT2D eigenvalue weighted by Gasteiger charge is 2.32. The number of halogens is 1. The summed E-state index contributed by atoms with van der Waals surface area (Å²) in [6.07, 6.45) is 0. The van der Waals surface area contributed by atoms with Crippen molar-refractivity contribution in [1.29, 1.82) is 0 Å². The third-order valence-electron chi connectivity index (χ3n) is 5.83. The van der Waals surface area contributed by atoms with Crippen LogP contribution in [0, 0.1) is 13.8 Å². The Balaban J connectivity index is 1.57. The maximum absolute atomic E-state index is 12.2. The van der Waals surface area contributed by atoms with Gasteiger partial charge in [-0.1, -0.05) is 35.9 Å². The molecule has 0 aliphatic carbocycles. The van der Waals surface area contributed by atoms with Crippen molar-refractivity contribution in [2.75, 3.05) is 32.8 Å². The van der Waals surface area contributed by atoms with E-state index in [-0.39, 0.29) is 5.97 Å². The fraction of sp³-hybridized carbons (Fsp3) is 0.500. The van der Waals surface area contributed by atoms with E-state index in [1.54, 1.807) is 20.8 Å². The predicted octanol–water partition coefficient (Wildman–Crippen LogP) is 5.00. The lowest BCUT2D eigenvalue weighted by atomic mass is 10.0. The number of piperazine rings is 1. The Bertz CT molecular complexity index is 896. The van der Waals surface area contributed by atoms with E-state index in [1.807, 2.05) is 26.0 Å². The summed E-state index contributed by atoms with van der Waals surface area (Å²) < 4.78 is 11.3. The maximum Gasteiger partial charge on any atom is 0.349 e. The summed E-state index contributed by atoms with van der Waals surface area (Å²) in [5.41, 5.74) is 3.63. The predicted molar refractivity (Wildman–Crippen MR) is 129 cm³/mol. The summed E-state index contributed by atoms with van der Waals surface area (Å²) in [7, 11) is 0. The second-order valence-electron chi connectivity index (χ2n) is 9.07. The molecule has 2 aromatic carbocycles. The van der Waals surface area contributed by atoms with Crippen LogP contribution >= 0.6 is 11.6 Å². The van der Waals surface area contributed by atoms with E-state index < -0.39 is 5.60 Å². The Morgan fingerprint density at radius 1 is 0.938 bits per heavy atom. The van der Waals surface area contributed by atoms with Crippen molar-refractivity contribution in [3.63, 3.8) is 0 Å². The van der Waals surface area contributed by atoms with Crippen molar-refractivity contribution in [1.82, 2.24) is 9.80 Å². The van der Waals surface area contributed by atoms with Crippen LogP contribution in [0.25, 0.3) is 0 Å². The van der Waals surface area contributed by atoms with E-state index in [4.69, 9.17) is 21.1 Å². The Kier molecular flexibility index (Phi) is 8.21. The minimum absolute atomic E-state index is 0.343. The van der Waals surface area contributed by atoms with E-state index in [0.29, 0.717) is 6.61 Å². The van der Waals surface area contributed by atoms with Crippen LogP contribution in [0.15, 0.2) is 36.4 Å². The van der Waals surface area contributed by atoms with Crippen LogP contribution in [0.1, 0.15) is 43.0 Å². The Labute approximate surface area is 197 Å². The van der Waals surface area contributed by atoms with Gasteiger partial charge in [0.25, 0.3) is 0 Å². The van der Waals surface area contributed by atoms with Crippen molar-refractivity contribution in [3.05, 3.63) is 63.7 Å². The number of rotatable bonds is 8. The molecule has 1 heterocycles. The SMILES string of the molecule is CCOC(=O)C(C)(C)Oc1c(C)cc(CN2CCN(Cc3ccc(Cl)cc3)CC2)cc1C. The van der Waals surface area contributed by atoms with E-state index in [0.717, 1.165) is 61.2 Å². The molecule has 2 aromatic rings. The molecule has 0 spiro atoms. The summed E-state index contributed by atoms with van der Waals surface area (Å²) in [6, 6.07) is 12.5. The minimum atomic E-state index is -1.02. The summed E-state index contributed by atoms with van der Waals surface area (Å²) in [6.45, 7) is 15.8. The highest BCUT2D eigenvalue weighted by Crippen LogP contribution is 2.29. The fourth-order valence-electron chi connectivity index (χ4n) is 4.11. The molecule has 174 valence electrons. The lowest BCUT2D eigenvalue weighted by Crippen LogP contribution is -2.45. The number of ether oxygens (including phenoxy) is 2. The zero-order valence-corrected chi connectivity index (χ0v) is 20.7. The average Bonchev–Trinajstić information content (AvgIpc) is 2.74. The number of nitrogens with zero attached hydrogens (tertiary/aromatic N) is 2. The zero-order valence-electron chi connectivity index (χ0n) is 19.9. The molecule has 6 heteroatoms. The van der Waals surface area contributed by atoms with Crippen molar-refractivity contribution < 1.29 is 14.3 Å². The molecule has 3 rings (SSSR count). The molecule has 0 N–H and O–H groups in total. The molecule has 0 unspecified atom stereocenters. The lowest BCUT2D eigenvalue weighted by molar-refractivity contribution is -0.158. The van der Waals surface area contributed by atoms with Crippen LogP contribution in [-0.2, 0) is 22.6 Å². The first-order valence-corrected chi connectivity index (χ1v) is 11.7. The molecule has 5 nitrogen and oxygen atoms in total. The molecular formula is C26H35ClN2O3. The van der Waals surface area contributed by atoms with Gasteiger partial charge < -0.3 is 9.47 Å². The number of aryl methyl sites for hydroxylation is 2. The summed E-state index contributed by atoms with van der Waals surface area (Å²) in [5, 5.41) is 0.782. The second-order valence-corrected chi connectivity index (χ2v) is 9.51. The molecule has 1 aliphatic rings. The maximum atomic E-state index is 12.2. The lowest BCUT2D eigenvalue weighted by Gasteiger charge is -2.35. The van der Waals surface area contributed by atoms with E-state index in [1.165, 1.54) is 11.1 Å². The first kappa shape index (κ1) is 24.6. The number of esters is 1. The first-order chi connectivity index (χ1) is 15.2. The van der Waals surface area contributed by atoms with Gasteiger partial charge in [-0.15, -0.1) is 0 Å².